The monoisotopic (exact) mass is 722 g/mol. The van der Waals surface area contributed by atoms with Gasteiger partial charge in [0.1, 0.15) is 35.9 Å². The number of hydrogen-bond acceptors (Lipinski definition) is 6. The fourth-order valence-electron chi connectivity index (χ4n) is 5.66. The molecule has 54 heavy (non-hydrogen) atoms. The topological polar surface area (TPSA) is 146 Å². The number of benzene rings is 5. The molecule has 0 saturated carbocycles. The summed E-state index contributed by atoms with van der Waals surface area (Å²) < 4.78 is 11.8. The maximum absolute atomic E-state index is 13.9. The molecule has 0 aliphatic heterocycles. The van der Waals surface area contributed by atoms with E-state index in [0.29, 0.717) is 48.2 Å². The van der Waals surface area contributed by atoms with Gasteiger partial charge in [-0.25, -0.2) is 9.78 Å². The van der Waals surface area contributed by atoms with E-state index >= 15 is 0 Å². The van der Waals surface area contributed by atoms with Crippen LogP contribution >= 0.6 is 0 Å². The van der Waals surface area contributed by atoms with Crippen molar-refractivity contribution in [2.24, 2.45) is 0 Å². The summed E-state index contributed by atoms with van der Waals surface area (Å²) in [4.78, 5) is 47.9. The van der Waals surface area contributed by atoms with Crippen molar-refractivity contribution >= 4 is 23.5 Å². The van der Waals surface area contributed by atoms with Crippen LogP contribution in [0, 0.1) is 0 Å². The number of ether oxygens (including phenoxy) is 2. The zero-order valence-corrected chi connectivity index (χ0v) is 29.6. The maximum atomic E-state index is 13.9. The molecule has 0 radical (unpaired) electrons. The van der Waals surface area contributed by atoms with Crippen LogP contribution in [-0.4, -0.2) is 46.4 Å². The number of imidazole rings is 1. The summed E-state index contributed by atoms with van der Waals surface area (Å²) >= 11 is 0. The molecule has 6 aromatic rings. The van der Waals surface area contributed by atoms with Crippen LogP contribution in [0.2, 0.25) is 0 Å². The van der Waals surface area contributed by atoms with Crippen molar-refractivity contribution in [1.29, 1.82) is 0 Å². The van der Waals surface area contributed by atoms with Gasteiger partial charge in [0, 0.05) is 37.0 Å². The number of hydrogen-bond donors (Lipinski definition) is 5. The number of nitrogens with zero attached hydrogens (tertiary/aromatic N) is 1. The van der Waals surface area contributed by atoms with E-state index in [-0.39, 0.29) is 18.7 Å². The van der Waals surface area contributed by atoms with Gasteiger partial charge in [-0.1, -0.05) is 91.0 Å². The lowest BCUT2D eigenvalue weighted by Crippen LogP contribution is -2.55. The molecule has 11 nitrogen and oxygen atoms in total. The van der Waals surface area contributed by atoms with E-state index in [4.69, 9.17) is 9.47 Å². The zero-order chi connectivity index (χ0) is 37.4. The number of aromatic amines is 1. The Balaban J connectivity index is 1.12. The molecule has 0 spiro atoms. The number of rotatable bonds is 17. The Morgan fingerprint density at radius 1 is 0.611 bits per heavy atom. The van der Waals surface area contributed by atoms with Crippen molar-refractivity contribution in [3.05, 3.63) is 174 Å². The van der Waals surface area contributed by atoms with E-state index in [1.165, 1.54) is 6.33 Å². The maximum Gasteiger partial charge on any atom is 0.319 e. The summed E-state index contributed by atoms with van der Waals surface area (Å²) in [6, 6.07) is 40.8. The molecule has 0 bridgehead atoms. The second kappa shape index (κ2) is 19.1. The summed E-state index contributed by atoms with van der Waals surface area (Å²) in [7, 11) is 0. The number of amides is 4. The zero-order valence-electron chi connectivity index (χ0n) is 29.6. The molecule has 2 atom stereocenters. The van der Waals surface area contributed by atoms with Gasteiger partial charge in [-0.2, -0.15) is 0 Å². The molecule has 6 rings (SSSR count). The molecule has 1 heterocycles. The molecule has 0 aliphatic rings. The van der Waals surface area contributed by atoms with Gasteiger partial charge in [0.15, 0.2) is 0 Å². The molecule has 1 aromatic heterocycles. The minimum atomic E-state index is -1.04. The van der Waals surface area contributed by atoms with Crippen LogP contribution in [-0.2, 0) is 35.5 Å². The molecule has 0 fully saturated rings. The van der Waals surface area contributed by atoms with Crippen LogP contribution in [0.4, 0.5) is 10.5 Å². The number of carbonyl (C=O) groups is 3. The molecule has 5 N–H and O–H groups in total. The van der Waals surface area contributed by atoms with Crippen LogP contribution in [0.3, 0.4) is 0 Å². The van der Waals surface area contributed by atoms with Crippen LogP contribution in [0.25, 0.3) is 0 Å². The van der Waals surface area contributed by atoms with Crippen molar-refractivity contribution in [2.45, 2.75) is 38.0 Å². The lowest BCUT2D eigenvalue weighted by Gasteiger charge is -2.23. The summed E-state index contributed by atoms with van der Waals surface area (Å²) in [5, 5.41) is 11.4. The highest BCUT2D eigenvalue weighted by Crippen LogP contribution is 2.23. The normalized spacial score (nSPS) is 11.8. The van der Waals surface area contributed by atoms with Crippen molar-refractivity contribution in [1.82, 2.24) is 25.9 Å². The largest absolute Gasteiger partial charge is 0.489 e. The average Bonchev–Trinajstić information content (AvgIpc) is 3.72. The fraction of sp³-hybridized carbons (Fsp3) is 0.163. The summed E-state index contributed by atoms with van der Waals surface area (Å²) in [6.07, 6.45) is 4.03. The first kappa shape index (κ1) is 36.9. The number of aromatic nitrogens is 2. The van der Waals surface area contributed by atoms with Gasteiger partial charge in [-0.15, -0.1) is 0 Å². The van der Waals surface area contributed by atoms with Crippen LogP contribution < -0.4 is 30.7 Å². The highest BCUT2D eigenvalue weighted by atomic mass is 16.5. The number of para-hydroxylation sites is 1. The first-order valence-electron chi connectivity index (χ1n) is 17.7. The number of anilines is 1. The Morgan fingerprint density at radius 3 is 1.89 bits per heavy atom. The number of urea groups is 1. The van der Waals surface area contributed by atoms with Crippen molar-refractivity contribution in [3.8, 4) is 17.2 Å². The van der Waals surface area contributed by atoms with Gasteiger partial charge in [0.2, 0.25) is 11.8 Å². The summed E-state index contributed by atoms with van der Waals surface area (Å²) in [5.74, 6) is 1.11. The molecular weight excluding hydrogens is 681 g/mol. The van der Waals surface area contributed by atoms with Crippen molar-refractivity contribution in [3.63, 3.8) is 0 Å². The molecular formula is C43H42N6O5. The molecule has 5 aromatic carbocycles. The minimum absolute atomic E-state index is 0.110. The second-order valence-corrected chi connectivity index (χ2v) is 12.6. The minimum Gasteiger partial charge on any atom is -0.489 e. The SMILES string of the molecule is O=C(Nc1ccc(Oc2ccccc2)cc1)NC(Cc1cnc[nH]1)C(=O)NC(Cc1ccc(OCc2ccccc2)cc1)C(=O)NCCc1ccccc1. The Labute approximate surface area is 314 Å². The second-order valence-electron chi connectivity index (χ2n) is 12.6. The molecule has 11 heteroatoms. The third-order valence-corrected chi connectivity index (χ3v) is 8.49. The Morgan fingerprint density at radius 2 is 1.22 bits per heavy atom. The number of nitrogens with one attached hydrogen (secondary N) is 5. The van der Waals surface area contributed by atoms with Crippen LogP contribution in [0.15, 0.2) is 152 Å². The van der Waals surface area contributed by atoms with Crippen molar-refractivity contribution in [2.75, 3.05) is 11.9 Å². The molecule has 4 amide bonds. The van der Waals surface area contributed by atoms with E-state index in [2.05, 4.69) is 31.2 Å². The quantitative estimate of drug-likeness (QED) is 0.0718. The standard InChI is InChI=1S/C43H42N6O5/c50-41(45-25-24-31-10-4-1-5-11-31)39(26-32-16-20-36(21-17-32)53-29-33-12-6-2-7-13-33)48-42(51)40(27-35-28-44-30-46-35)49-43(52)47-34-18-22-38(23-19-34)54-37-14-8-3-9-15-37/h1-23,28,30,39-40H,24-27,29H2,(H,44,46)(H,45,50)(H,48,51)(H2,47,49,52). The smallest absolute Gasteiger partial charge is 0.319 e. The summed E-state index contributed by atoms with van der Waals surface area (Å²) in [5.41, 5.74) is 4.09. The van der Waals surface area contributed by atoms with E-state index in [1.807, 2.05) is 115 Å². The third-order valence-electron chi connectivity index (χ3n) is 8.49. The third kappa shape index (κ3) is 11.6. The Kier molecular flexibility index (Phi) is 13.0. The van der Waals surface area contributed by atoms with Gasteiger partial charge in [0.05, 0.1) is 6.33 Å². The number of H-pyrrole nitrogens is 1. The first-order chi connectivity index (χ1) is 26.5. The Hall–Kier alpha value is -6.88. The molecule has 274 valence electrons. The lowest BCUT2D eigenvalue weighted by atomic mass is 10.0. The first-order valence-corrected chi connectivity index (χ1v) is 17.7. The van der Waals surface area contributed by atoms with Gasteiger partial charge in [-0.05, 0) is 71.6 Å². The van der Waals surface area contributed by atoms with E-state index < -0.39 is 24.0 Å². The van der Waals surface area contributed by atoms with Gasteiger partial charge < -0.3 is 35.7 Å². The fourth-order valence-corrected chi connectivity index (χ4v) is 5.66. The molecule has 0 aliphatic carbocycles. The highest BCUT2D eigenvalue weighted by molar-refractivity contribution is 5.95. The average molecular weight is 723 g/mol. The molecule has 2 unspecified atom stereocenters. The predicted molar refractivity (Wildman–Crippen MR) is 207 cm³/mol. The van der Waals surface area contributed by atoms with Crippen LogP contribution in [0.5, 0.6) is 17.2 Å². The highest BCUT2D eigenvalue weighted by Gasteiger charge is 2.28. The number of carbonyl (C=O) groups excluding carboxylic acids is 3. The van der Waals surface area contributed by atoms with E-state index in [9.17, 15) is 14.4 Å². The van der Waals surface area contributed by atoms with E-state index in [0.717, 1.165) is 16.7 Å². The predicted octanol–water partition coefficient (Wildman–Crippen LogP) is 6.60. The molecule has 0 saturated heterocycles. The van der Waals surface area contributed by atoms with Gasteiger partial charge >= 0.3 is 6.03 Å². The Bertz CT molecular complexity index is 2040. The van der Waals surface area contributed by atoms with Gasteiger partial charge in [-0.3, -0.25) is 9.59 Å². The summed E-state index contributed by atoms with van der Waals surface area (Å²) in [6.45, 7) is 0.809. The van der Waals surface area contributed by atoms with Gasteiger partial charge in [0.25, 0.3) is 0 Å². The van der Waals surface area contributed by atoms with Crippen molar-refractivity contribution < 1.29 is 23.9 Å². The lowest BCUT2D eigenvalue weighted by molar-refractivity contribution is -0.129. The van der Waals surface area contributed by atoms with Crippen LogP contribution in [0.1, 0.15) is 22.4 Å². The van der Waals surface area contributed by atoms with E-state index in [1.54, 1.807) is 30.5 Å².